The molecule has 0 saturated carbocycles. The molecule has 31 heavy (non-hydrogen) atoms. The molecule has 0 aromatic heterocycles. The monoisotopic (exact) mass is 436 g/mol. The number of aryl methyl sites for hydroxylation is 1. The first-order valence-electron chi connectivity index (χ1n) is 10.1. The first-order chi connectivity index (χ1) is 14.6. The van der Waals surface area contributed by atoms with Crippen molar-refractivity contribution in [2.75, 3.05) is 4.72 Å². The van der Waals surface area contributed by atoms with E-state index in [1.807, 2.05) is 51.1 Å². The molecule has 0 aliphatic heterocycles. The molecule has 0 bridgehead atoms. The third-order valence-corrected chi connectivity index (χ3v) is 6.48. The van der Waals surface area contributed by atoms with E-state index in [1.165, 1.54) is 0 Å². The van der Waals surface area contributed by atoms with Crippen molar-refractivity contribution in [2.45, 2.75) is 44.6 Å². The van der Waals surface area contributed by atoms with Gasteiger partial charge in [-0.05, 0) is 69.5 Å². The van der Waals surface area contributed by atoms with Gasteiger partial charge in [0, 0.05) is 11.1 Å². The van der Waals surface area contributed by atoms with E-state index in [9.17, 15) is 13.2 Å². The van der Waals surface area contributed by atoms with Crippen LogP contribution >= 0.6 is 0 Å². The van der Waals surface area contributed by atoms with Crippen molar-refractivity contribution in [2.24, 2.45) is 0 Å². The van der Waals surface area contributed by atoms with Gasteiger partial charge in [-0.2, -0.15) is 0 Å². The molecule has 0 unspecified atom stereocenters. The highest BCUT2D eigenvalue weighted by atomic mass is 32.2. The number of carbonyl (C=O) groups is 1. The van der Waals surface area contributed by atoms with Crippen molar-refractivity contribution in [3.63, 3.8) is 0 Å². The Morgan fingerprint density at radius 1 is 0.871 bits per heavy atom. The quantitative estimate of drug-likeness (QED) is 0.556. The predicted molar refractivity (Wildman–Crippen MR) is 125 cm³/mol. The van der Waals surface area contributed by atoms with Crippen LogP contribution in [0, 0.1) is 13.8 Å². The van der Waals surface area contributed by atoms with E-state index < -0.39 is 15.6 Å². The molecule has 2 N–H and O–H groups in total. The largest absolute Gasteiger partial charge is 0.347 e. The van der Waals surface area contributed by atoms with E-state index in [1.54, 1.807) is 49.4 Å². The summed E-state index contributed by atoms with van der Waals surface area (Å²) in [7, 11) is -3.75. The van der Waals surface area contributed by atoms with E-state index in [4.69, 9.17) is 0 Å². The minimum absolute atomic E-state index is 0.177. The van der Waals surface area contributed by atoms with Gasteiger partial charge in [0.1, 0.15) is 0 Å². The molecule has 0 heterocycles. The van der Waals surface area contributed by atoms with Crippen LogP contribution in [0.25, 0.3) is 0 Å². The lowest BCUT2D eigenvalue weighted by Gasteiger charge is -2.27. The number of sulfonamides is 1. The highest BCUT2D eigenvalue weighted by molar-refractivity contribution is 7.92. The van der Waals surface area contributed by atoms with Crippen LogP contribution in [0.1, 0.15) is 40.9 Å². The molecule has 3 aromatic carbocycles. The molecule has 0 saturated heterocycles. The molecule has 3 rings (SSSR count). The summed E-state index contributed by atoms with van der Waals surface area (Å²) in [6.07, 6.45) is 0.679. The first-order valence-corrected chi connectivity index (χ1v) is 11.6. The molecule has 0 atom stereocenters. The van der Waals surface area contributed by atoms with Crippen LogP contribution in [0.3, 0.4) is 0 Å². The molecule has 6 heteroatoms. The average molecular weight is 437 g/mol. The van der Waals surface area contributed by atoms with E-state index in [0.29, 0.717) is 23.2 Å². The van der Waals surface area contributed by atoms with Crippen LogP contribution in [0.15, 0.2) is 77.7 Å². The second-order valence-corrected chi connectivity index (χ2v) is 10.1. The van der Waals surface area contributed by atoms with E-state index in [2.05, 4.69) is 10.0 Å². The molecule has 5 nitrogen and oxygen atoms in total. The van der Waals surface area contributed by atoms with E-state index in [-0.39, 0.29) is 10.8 Å². The van der Waals surface area contributed by atoms with Gasteiger partial charge in [-0.15, -0.1) is 0 Å². The molecule has 162 valence electrons. The van der Waals surface area contributed by atoms with Crippen LogP contribution in [-0.4, -0.2) is 19.9 Å². The van der Waals surface area contributed by atoms with Gasteiger partial charge in [0.2, 0.25) is 0 Å². The third-order valence-electron chi connectivity index (χ3n) is 5.09. The Morgan fingerprint density at radius 2 is 1.52 bits per heavy atom. The zero-order valence-corrected chi connectivity index (χ0v) is 19.1. The maximum atomic E-state index is 13.0. The second-order valence-electron chi connectivity index (χ2n) is 8.40. The Hall–Kier alpha value is -3.12. The standard InChI is InChI=1S/C25H28N2O3S/c1-18-13-15-21(16-14-18)31(29,30)27-23-12-8-11-22(19(23)2)24(28)26-25(3,4)17-20-9-6-5-7-10-20/h5-16,27H,17H2,1-4H3,(H,26,28). The number of hydrogen-bond donors (Lipinski definition) is 2. The molecular formula is C25H28N2O3S. The van der Waals surface area contributed by atoms with Crippen LogP contribution in [0.5, 0.6) is 0 Å². The van der Waals surface area contributed by atoms with Crippen molar-refractivity contribution in [1.82, 2.24) is 5.32 Å². The topological polar surface area (TPSA) is 75.3 Å². The van der Waals surface area contributed by atoms with Crippen LogP contribution < -0.4 is 10.0 Å². The highest BCUT2D eigenvalue weighted by Gasteiger charge is 2.24. The lowest BCUT2D eigenvalue weighted by molar-refractivity contribution is 0.0912. The van der Waals surface area contributed by atoms with Crippen molar-refractivity contribution >= 4 is 21.6 Å². The zero-order chi connectivity index (χ0) is 22.6. The van der Waals surface area contributed by atoms with Crippen LogP contribution in [0.4, 0.5) is 5.69 Å². The van der Waals surface area contributed by atoms with E-state index in [0.717, 1.165) is 11.1 Å². The van der Waals surface area contributed by atoms with Gasteiger partial charge in [-0.3, -0.25) is 9.52 Å². The summed E-state index contributed by atoms with van der Waals surface area (Å²) < 4.78 is 28.1. The lowest BCUT2D eigenvalue weighted by atomic mass is 9.94. The second kappa shape index (κ2) is 8.94. The Bertz CT molecular complexity index is 1170. The predicted octanol–water partition coefficient (Wildman–Crippen LogP) is 4.86. The Labute approximate surface area is 184 Å². The summed E-state index contributed by atoms with van der Waals surface area (Å²) in [6.45, 7) is 7.58. The summed E-state index contributed by atoms with van der Waals surface area (Å²) in [5, 5.41) is 3.07. The molecule has 3 aromatic rings. The number of benzene rings is 3. The average Bonchev–Trinajstić information content (AvgIpc) is 2.69. The number of anilines is 1. The minimum atomic E-state index is -3.75. The van der Waals surface area contributed by atoms with Gasteiger partial charge in [-0.25, -0.2) is 8.42 Å². The highest BCUT2D eigenvalue weighted by Crippen LogP contribution is 2.24. The Morgan fingerprint density at radius 3 is 2.16 bits per heavy atom. The fraction of sp³-hybridized carbons (Fsp3) is 0.240. The Kier molecular flexibility index (Phi) is 6.51. The lowest BCUT2D eigenvalue weighted by Crippen LogP contribution is -2.45. The molecular weight excluding hydrogens is 408 g/mol. The molecule has 1 amide bonds. The number of nitrogens with one attached hydrogen (secondary N) is 2. The molecule has 0 aliphatic carbocycles. The van der Waals surface area contributed by atoms with E-state index >= 15 is 0 Å². The number of amides is 1. The van der Waals surface area contributed by atoms with Gasteiger partial charge in [0.05, 0.1) is 10.6 Å². The van der Waals surface area contributed by atoms with Crippen LogP contribution in [-0.2, 0) is 16.4 Å². The summed E-state index contributed by atoms with van der Waals surface area (Å²) in [5.41, 5.74) is 3.03. The van der Waals surface area contributed by atoms with Gasteiger partial charge in [-0.1, -0.05) is 54.1 Å². The zero-order valence-electron chi connectivity index (χ0n) is 18.3. The smallest absolute Gasteiger partial charge is 0.261 e. The van der Waals surface area contributed by atoms with Crippen molar-refractivity contribution in [3.05, 3.63) is 95.1 Å². The summed E-state index contributed by atoms with van der Waals surface area (Å²) in [5.74, 6) is -0.241. The summed E-state index contributed by atoms with van der Waals surface area (Å²) >= 11 is 0. The van der Waals surface area contributed by atoms with Crippen molar-refractivity contribution in [1.29, 1.82) is 0 Å². The third kappa shape index (κ3) is 5.73. The number of rotatable bonds is 7. The van der Waals surface area contributed by atoms with Gasteiger partial charge >= 0.3 is 0 Å². The fourth-order valence-corrected chi connectivity index (χ4v) is 4.56. The Balaban J connectivity index is 1.79. The summed E-state index contributed by atoms with van der Waals surface area (Å²) in [4.78, 5) is 13.2. The van der Waals surface area contributed by atoms with Gasteiger partial charge < -0.3 is 5.32 Å². The maximum Gasteiger partial charge on any atom is 0.261 e. The fourth-order valence-electron chi connectivity index (χ4n) is 3.44. The summed E-state index contributed by atoms with van der Waals surface area (Å²) in [6, 6.07) is 21.6. The number of carbonyl (C=O) groups excluding carboxylic acids is 1. The normalized spacial score (nSPS) is 11.7. The molecule has 0 aliphatic rings. The minimum Gasteiger partial charge on any atom is -0.347 e. The van der Waals surface area contributed by atoms with Crippen LogP contribution in [0.2, 0.25) is 0 Å². The first kappa shape index (κ1) is 22.6. The molecule has 0 spiro atoms. The van der Waals surface area contributed by atoms with Crippen molar-refractivity contribution in [3.8, 4) is 0 Å². The molecule has 0 fully saturated rings. The van der Waals surface area contributed by atoms with Gasteiger partial charge in [0.15, 0.2) is 0 Å². The maximum absolute atomic E-state index is 13.0. The molecule has 0 radical (unpaired) electrons. The SMILES string of the molecule is Cc1ccc(S(=O)(=O)Nc2cccc(C(=O)NC(C)(C)Cc3ccccc3)c2C)cc1. The van der Waals surface area contributed by atoms with Crippen molar-refractivity contribution < 1.29 is 13.2 Å². The van der Waals surface area contributed by atoms with Gasteiger partial charge in [0.25, 0.3) is 15.9 Å². The number of hydrogen-bond acceptors (Lipinski definition) is 3.